The fraction of sp³-hybridized carbons (Fsp3) is 0.444. The van der Waals surface area contributed by atoms with Crippen LogP contribution in [0.15, 0.2) is 105 Å². The number of aromatic nitrogens is 12. The fourth-order valence-corrected chi connectivity index (χ4v) is 9.69. The molecule has 0 radical (unpaired) electrons. The number of ether oxygens (including phenoxy) is 4. The van der Waals surface area contributed by atoms with Gasteiger partial charge in [0, 0.05) is 75.0 Å². The van der Waals surface area contributed by atoms with E-state index in [2.05, 4.69) is 45.8 Å². The number of fused-ring (bicyclic) bond motifs is 2. The molecule has 8 aromatic rings. The van der Waals surface area contributed by atoms with Gasteiger partial charge in [-0.15, -0.1) is 0 Å². The standard InChI is InChI=1S/C27H31ClN6O4.C19H17ClN6O2.C8H15BrO2/c1-18(2)34-25-22(26(35)32(27(34)36)14-8-16-38-20-11-6-7-15-37-20)33(17-19-9-4-3-5-10-19)24(31-25)21-23(28)30-13-12-29-21;1-11(2)26-17-14(18(27)24-19(26)28)25(10-12-6-4-3-5-7-12)16(23-17)13-15(20)22-9-8-21-13;9-5-3-7-11-8-4-1-2-6-10-8/h3-5,9-10,12-13,18,20H,6-8,11,14-17H2,1-2H3;3-9,11H,10H2,1-2H3,(H,24,27,28);8H,1-7H2. The maximum absolute atomic E-state index is 13.9. The zero-order chi connectivity index (χ0) is 54.4. The van der Waals surface area contributed by atoms with E-state index in [-0.39, 0.29) is 52.7 Å². The topological polar surface area (TPSA) is 223 Å². The van der Waals surface area contributed by atoms with Crippen LogP contribution in [0.25, 0.3) is 45.4 Å². The third-order valence-electron chi connectivity index (χ3n) is 12.7. The number of alkyl halides is 1. The largest absolute Gasteiger partial charge is 0.353 e. The zero-order valence-electron chi connectivity index (χ0n) is 43.5. The first kappa shape index (κ1) is 57.0. The van der Waals surface area contributed by atoms with Crippen molar-refractivity contribution < 1.29 is 18.9 Å². The summed E-state index contributed by atoms with van der Waals surface area (Å²) < 4.78 is 30.1. The molecule has 23 heteroatoms. The number of nitrogens with one attached hydrogen (secondary N) is 1. The molecule has 1 N–H and O–H groups in total. The lowest BCUT2D eigenvalue weighted by Crippen LogP contribution is -2.41. The highest BCUT2D eigenvalue weighted by molar-refractivity contribution is 9.09. The fourth-order valence-electron chi connectivity index (χ4n) is 9.08. The molecule has 10 rings (SSSR count). The number of benzene rings is 2. The normalized spacial score (nSPS) is 15.6. The Bertz CT molecular complexity index is 3460. The molecule has 0 amide bonds. The summed E-state index contributed by atoms with van der Waals surface area (Å²) in [5, 5.41) is 1.35. The van der Waals surface area contributed by atoms with Crippen molar-refractivity contribution in [2.24, 2.45) is 0 Å². The molecule has 0 saturated carbocycles. The predicted molar refractivity (Wildman–Crippen MR) is 299 cm³/mol. The Balaban J connectivity index is 0.000000175. The number of imidazole rings is 2. The first-order chi connectivity index (χ1) is 37.4. The smallest absolute Gasteiger partial charge is 0.332 e. The maximum Gasteiger partial charge on any atom is 0.332 e. The first-order valence-corrected chi connectivity index (χ1v) is 27.8. The number of halogens is 3. The Morgan fingerprint density at radius 2 is 1.12 bits per heavy atom. The van der Waals surface area contributed by atoms with Gasteiger partial charge < -0.3 is 28.1 Å². The van der Waals surface area contributed by atoms with Crippen molar-refractivity contribution in [2.45, 2.75) is 123 Å². The number of hydrogen-bond acceptors (Lipinski definition) is 14. The van der Waals surface area contributed by atoms with Crippen LogP contribution in [0.1, 0.15) is 102 Å². The second-order valence-corrected chi connectivity index (χ2v) is 20.4. The van der Waals surface area contributed by atoms with Crippen LogP contribution in [0.4, 0.5) is 0 Å². The molecule has 6 aromatic heterocycles. The minimum atomic E-state index is -0.508. The Morgan fingerprint density at radius 1 is 0.636 bits per heavy atom. The molecule has 77 heavy (non-hydrogen) atoms. The molecule has 8 heterocycles. The monoisotopic (exact) mass is 1160 g/mol. The van der Waals surface area contributed by atoms with Gasteiger partial charge in [-0.2, -0.15) is 0 Å². The molecule has 2 unspecified atom stereocenters. The third-order valence-corrected chi connectivity index (χ3v) is 13.8. The van der Waals surface area contributed by atoms with Gasteiger partial charge in [0.05, 0.1) is 13.2 Å². The van der Waals surface area contributed by atoms with Crippen molar-refractivity contribution in [1.29, 1.82) is 0 Å². The lowest BCUT2D eigenvalue weighted by Gasteiger charge is -2.22. The predicted octanol–water partition coefficient (Wildman–Crippen LogP) is 8.97. The van der Waals surface area contributed by atoms with Gasteiger partial charge in [-0.1, -0.05) is 99.8 Å². The Hall–Kier alpha value is -6.20. The van der Waals surface area contributed by atoms with Crippen molar-refractivity contribution in [1.82, 2.24) is 57.7 Å². The van der Waals surface area contributed by atoms with Gasteiger partial charge in [0.15, 0.2) is 56.9 Å². The van der Waals surface area contributed by atoms with Gasteiger partial charge in [-0.25, -0.2) is 39.5 Å². The third kappa shape index (κ3) is 13.9. The highest BCUT2D eigenvalue weighted by Gasteiger charge is 2.27. The van der Waals surface area contributed by atoms with Gasteiger partial charge in [0.2, 0.25) is 0 Å². The van der Waals surface area contributed by atoms with E-state index in [0.717, 1.165) is 61.8 Å². The number of rotatable bonds is 17. The first-order valence-electron chi connectivity index (χ1n) is 25.9. The summed E-state index contributed by atoms with van der Waals surface area (Å²) in [5.74, 6) is 0.755. The molecule has 2 atom stereocenters. The summed E-state index contributed by atoms with van der Waals surface area (Å²) >= 11 is 16.0. The number of nitrogens with zero attached hydrogens (tertiary/aromatic N) is 11. The van der Waals surface area contributed by atoms with Gasteiger partial charge in [0.1, 0.15) is 11.4 Å². The second kappa shape index (κ2) is 27.4. The molecule has 2 aliphatic heterocycles. The van der Waals surface area contributed by atoms with Crippen molar-refractivity contribution in [3.8, 4) is 23.0 Å². The minimum absolute atomic E-state index is 0.0859. The van der Waals surface area contributed by atoms with E-state index >= 15 is 0 Å². The summed E-state index contributed by atoms with van der Waals surface area (Å²) in [5.41, 5.74) is 1.96. The van der Waals surface area contributed by atoms with E-state index in [1.54, 1.807) is 13.7 Å². The average Bonchev–Trinajstić information content (AvgIpc) is 4.14. The molecular weight excluding hydrogens is 1100 g/mol. The van der Waals surface area contributed by atoms with Crippen molar-refractivity contribution in [3.63, 3.8) is 0 Å². The Morgan fingerprint density at radius 3 is 1.58 bits per heavy atom. The van der Waals surface area contributed by atoms with Crippen LogP contribution in [0.2, 0.25) is 10.3 Å². The van der Waals surface area contributed by atoms with Crippen LogP contribution in [0, 0.1) is 0 Å². The van der Waals surface area contributed by atoms with E-state index in [1.165, 1.54) is 46.8 Å². The van der Waals surface area contributed by atoms with Crippen molar-refractivity contribution in [2.75, 3.05) is 31.8 Å². The molecular formula is C54H63BrCl2N12O8. The van der Waals surface area contributed by atoms with Crippen LogP contribution >= 0.6 is 39.1 Å². The molecule has 2 aliphatic rings. The highest BCUT2D eigenvalue weighted by atomic mass is 79.9. The lowest BCUT2D eigenvalue weighted by molar-refractivity contribution is -0.163. The van der Waals surface area contributed by atoms with E-state index < -0.39 is 22.5 Å². The molecule has 2 saturated heterocycles. The van der Waals surface area contributed by atoms with Gasteiger partial charge in [-0.05, 0) is 90.2 Å². The van der Waals surface area contributed by atoms with Gasteiger partial charge >= 0.3 is 11.4 Å². The maximum atomic E-state index is 13.9. The van der Waals surface area contributed by atoms with E-state index in [1.807, 2.05) is 88.4 Å². The van der Waals surface area contributed by atoms with Gasteiger partial charge in [-0.3, -0.25) is 28.3 Å². The molecule has 2 aromatic carbocycles. The van der Waals surface area contributed by atoms with Crippen LogP contribution in [-0.2, 0) is 38.6 Å². The van der Waals surface area contributed by atoms with E-state index in [9.17, 15) is 19.2 Å². The van der Waals surface area contributed by atoms with Crippen molar-refractivity contribution >= 4 is 61.5 Å². The second-order valence-electron chi connectivity index (χ2n) is 18.9. The molecule has 20 nitrogen and oxygen atoms in total. The quantitative estimate of drug-likeness (QED) is 0.0664. The molecule has 0 spiro atoms. The van der Waals surface area contributed by atoms with E-state index in [4.69, 9.17) is 47.1 Å². The SMILES string of the molecule is BrCCCOC1CCCCO1.CC(C)n1c(=O)[nH]c(=O)c2c1nc(-c1nccnc1Cl)n2Cc1ccccc1.CC(C)n1c(=O)n(CCCOC2CCCCO2)c(=O)c2c1nc(-c1nccnc1Cl)n2Cc1ccccc1. The summed E-state index contributed by atoms with van der Waals surface area (Å²) in [4.78, 5) is 81.3. The molecule has 0 aliphatic carbocycles. The van der Waals surface area contributed by atoms with Crippen LogP contribution in [-0.4, -0.2) is 102 Å². The van der Waals surface area contributed by atoms with Crippen LogP contribution < -0.4 is 22.5 Å². The Labute approximate surface area is 462 Å². The lowest BCUT2D eigenvalue weighted by atomic mass is 10.2. The number of aromatic amines is 1. The Kier molecular flexibility index (Phi) is 20.3. The summed E-state index contributed by atoms with van der Waals surface area (Å²) in [7, 11) is 0. The van der Waals surface area contributed by atoms with Gasteiger partial charge in [0.25, 0.3) is 11.1 Å². The molecule has 408 valence electrons. The summed E-state index contributed by atoms with van der Waals surface area (Å²) in [6.07, 6.45) is 13.9. The summed E-state index contributed by atoms with van der Waals surface area (Å²) in [6.45, 7) is 11.2. The molecule has 0 bridgehead atoms. The van der Waals surface area contributed by atoms with Crippen LogP contribution in [0.5, 0.6) is 0 Å². The zero-order valence-corrected chi connectivity index (χ0v) is 46.6. The number of H-pyrrole nitrogens is 1. The van der Waals surface area contributed by atoms with Crippen molar-refractivity contribution in [3.05, 3.63) is 149 Å². The highest BCUT2D eigenvalue weighted by Crippen LogP contribution is 2.29. The van der Waals surface area contributed by atoms with Crippen LogP contribution in [0.3, 0.4) is 0 Å². The average molecular weight is 1160 g/mol. The molecule has 2 fully saturated rings. The number of hydrogen-bond donors (Lipinski definition) is 1. The summed E-state index contributed by atoms with van der Waals surface area (Å²) in [6, 6.07) is 18.9. The van der Waals surface area contributed by atoms with E-state index in [0.29, 0.717) is 66.9 Å². The minimum Gasteiger partial charge on any atom is -0.353 e.